The second-order valence-corrected chi connectivity index (χ2v) is 3.09. The normalized spacial score (nSPS) is 22.9. The van der Waals surface area contributed by atoms with Gasteiger partial charge in [-0.05, 0) is 25.7 Å². The topological polar surface area (TPSA) is 26.0 Å². The maximum absolute atomic E-state index is 5.71. The summed E-state index contributed by atoms with van der Waals surface area (Å²) in [5.41, 5.74) is 7.22. The van der Waals surface area contributed by atoms with Gasteiger partial charge in [0.2, 0.25) is 0 Å². The van der Waals surface area contributed by atoms with E-state index in [9.17, 15) is 0 Å². The molecule has 1 rings (SSSR count). The predicted molar refractivity (Wildman–Crippen MR) is 48.0 cm³/mol. The van der Waals surface area contributed by atoms with Crippen molar-refractivity contribution in [1.29, 1.82) is 0 Å². The van der Waals surface area contributed by atoms with Crippen molar-refractivity contribution in [2.45, 2.75) is 38.1 Å². The molecule has 0 aromatic carbocycles. The van der Waals surface area contributed by atoms with Gasteiger partial charge in [-0.1, -0.05) is 11.6 Å². The standard InChI is InChI=1S/C10H15N/c1-2-3-4-5-9-6-7-10(11)8-9/h1,8,10H,3-7,11H2. The van der Waals surface area contributed by atoms with Gasteiger partial charge in [-0.15, -0.1) is 12.3 Å². The monoisotopic (exact) mass is 149 g/mol. The van der Waals surface area contributed by atoms with Gasteiger partial charge in [0.25, 0.3) is 0 Å². The molecule has 0 aromatic heterocycles. The molecule has 0 heterocycles. The van der Waals surface area contributed by atoms with Crippen molar-refractivity contribution in [3.63, 3.8) is 0 Å². The fourth-order valence-corrected chi connectivity index (χ4v) is 1.45. The van der Waals surface area contributed by atoms with Crippen molar-refractivity contribution < 1.29 is 0 Å². The lowest BCUT2D eigenvalue weighted by molar-refractivity contribution is 0.752. The molecule has 0 spiro atoms. The van der Waals surface area contributed by atoms with Crippen LogP contribution in [0.25, 0.3) is 0 Å². The van der Waals surface area contributed by atoms with Crippen molar-refractivity contribution in [3.8, 4) is 12.3 Å². The van der Waals surface area contributed by atoms with Crippen molar-refractivity contribution in [2.24, 2.45) is 5.73 Å². The average Bonchev–Trinajstić information content (AvgIpc) is 2.37. The summed E-state index contributed by atoms with van der Waals surface area (Å²) in [6.45, 7) is 0. The molecule has 11 heavy (non-hydrogen) atoms. The molecular weight excluding hydrogens is 134 g/mol. The zero-order valence-electron chi connectivity index (χ0n) is 6.84. The Balaban J connectivity index is 2.18. The van der Waals surface area contributed by atoms with Crippen LogP contribution in [0.15, 0.2) is 11.6 Å². The maximum Gasteiger partial charge on any atom is 0.0229 e. The fourth-order valence-electron chi connectivity index (χ4n) is 1.45. The van der Waals surface area contributed by atoms with Crippen LogP contribution in [-0.4, -0.2) is 6.04 Å². The highest BCUT2D eigenvalue weighted by atomic mass is 14.6. The third-order valence-electron chi connectivity index (χ3n) is 2.07. The molecule has 0 aromatic rings. The number of hydrogen-bond acceptors (Lipinski definition) is 1. The minimum absolute atomic E-state index is 0.316. The highest BCUT2D eigenvalue weighted by Crippen LogP contribution is 2.21. The molecule has 0 aliphatic heterocycles. The van der Waals surface area contributed by atoms with E-state index < -0.39 is 0 Å². The van der Waals surface area contributed by atoms with E-state index in [-0.39, 0.29) is 0 Å². The maximum atomic E-state index is 5.71. The third-order valence-corrected chi connectivity index (χ3v) is 2.07. The van der Waals surface area contributed by atoms with Gasteiger partial charge in [0.1, 0.15) is 0 Å². The Morgan fingerprint density at radius 2 is 2.55 bits per heavy atom. The second kappa shape index (κ2) is 4.20. The van der Waals surface area contributed by atoms with Crippen LogP contribution in [0.2, 0.25) is 0 Å². The van der Waals surface area contributed by atoms with Crippen molar-refractivity contribution in [1.82, 2.24) is 0 Å². The molecule has 0 bridgehead atoms. The first-order valence-electron chi connectivity index (χ1n) is 4.21. The highest BCUT2D eigenvalue weighted by molar-refractivity contribution is 5.13. The number of nitrogens with two attached hydrogens (primary N) is 1. The number of rotatable bonds is 3. The van der Waals surface area contributed by atoms with Crippen LogP contribution in [0.1, 0.15) is 32.1 Å². The van der Waals surface area contributed by atoms with Crippen LogP contribution in [0, 0.1) is 12.3 Å². The molecule has 1 aliphatic rings. The Morgan fingerprint density at radius 1 is 1.73 bits per heavy atom. The zero-order chi connectivity index (χ0) is 8.10. The van der Waals surface area contributed by atoms with Gasteiger partial charge >= 0.3 is 0 Å². The number of hydrogen-bond donors (Lipinski definition) is 1. The molecule has 2 N–H and O–H groups in total. The minimum atomic E-state index is 0.316. The van der Waals surface area contributed by atoms with E-state index in [2.05, 4.69) is 12.0 Å². The summed E-state index contributed by atoms with van der Waals surface area (Å²) in [6.07, 6.45) is 12.8. The summed E-state index contributed by atoms with van der Waals surface area (Å²) in [4.78, 5) is 0. The van der Waals surface area contributed by atoms with Gasteiger partial charge in [0, 0.05) is 12.5 Å². The van der Waals surface area contributed by atoms with Crippen LogP contribution < -0.4 is 5.73 Å². The van der Waals surface area contributed by atoms with E-state index in [0.717, 1.165) is 25.7 Å². The zero-order valence-corrected chi connectivity index (χ0v) is 6.84. The summed E-state index contributed by atoms with van der Waals surface area (Å²) in [5.74, 6) is 2.64. The summed E-state index contributed by atoms with van der Waals surface area (Å²) < 4.78 is 0. The van der Waals surface area contributed by atoms with E-state index in [0.29, 0.717) is 6.04 Å². The Hall–Kier alpha value is -0.740. The lowest BCUT2D eigenvalue weighted by Gasteiger charge is -1.96. The molecule has 0 saturated carbocycles. The van der Waals surface area contributed by atoms with E-state index in [1.54, 1.807) is 0 Å². The first kappa shape index (κ1) is 8.36. The molecule has 1 nitrogen and oxygen atoms in total. The fraction of sp³-hybridized carbons (Fsp3) is 0.600. The van der Waals surface area contributed by atoms with E-state index in [1.807, 2.05) is 0 Å². The van der Waals surface area contributed by atoms with Crippen molar-refractivity contribution >= 4 is 0 Å². The largest absolute Gasteiger partial charge is 0.324 e. The summed E-state index contributed by atoms with van der Waals surface area (Å²) in [7, 11) is 0. The van der Waals surface area contributed by atoms with Crippen LogP contribution in [0.4, 0.5) is 0 Å². The van der Waals surface area contributed by atoms with Gasteiger partial charge < -0.3 is 5.73 Å². The molecule has 60 valence electrons. The lowest BCUT2D eigenvalue weighted by atomic mass is 10.1. The van der Waals surface area contributed by atoms with E-state index in [4.69, 9.17) is 12.2 Å². The SMILES string of the molecule is C#CCCCC1=CC(N)CC1. The first-order valence-corrected chi connectivity index (χ1v) is 4.21. The van der Waals surface area contributed by atoms with Gasteiger partial charge in [0.15, 0.2) is 0 Å². The number of unbranched alkanes of at least 4 members (excludes halogenated alkanes) is 1. The van der Waals surface area contributed by atoms with Gasteiger partial charge in [-0.2, -0.15) is 0 Å². The molecule has 0 saturated heterocycles. The Bertz CT molecular complexity index is 186. The molecule has 1 unspecified atom stereocenters. The van der Waals surface area contributed by atoms with E-state index in [1.165, 1.54) is 12.0 Å². The number of allylic oxidation sites excluding steroid dienone is 1. The van der Waals surface area contributed by atoms with E-state index >= 15 is 0 Å². The Labute approximate surface area is 68.7 Å². The molecule has 1 atom stereocenters. The predicted octanol–water partition coefficient (Wildman–Crippen LogP) is 1.84. The highest BCUT2D eigenvalue weighted by Gasteiger charge is 2.10. The Kier molecular flexibility index (Phi) is 3.19. The first-order chi connectivity index (χ1) is 5.33. The van der Waals surface area contributed by atoms with Gasteiger partial charge in [-0.3, -0.25) is 0 Å². The smallest absolute Gasteiger partial charge is 0.0229 e. The second-order valence-electron chi connectivity index (χ2n) is 3.09. The third kappa shape index (κ3) is 2.78. The van der Waals surface area contributed by atoms with Crippen LogP contribution in [-0.2, 0) is 0 Å². The van der Waals surface area contributed by atoms with Gasteiger partial charge in [-0.25, -0.2) is 0 Å². The minimum Gasteiger partial charge on any atom is -0.324 e. The quantitative estimate of drug-likeness (QED) is 0.370. The van der Waals surface area contributed by atoms with Crippen LogP contribution in [0.3, 0.4) is 0 Å². The molecule has 1 heteroatoms. The van der Waals surface area contributed by atoms with Crippen molar-refractivity contribution in [3.05, 3.63) is 11.6 Å². The number of terminal acetylenes is 1. The van der Waals surface area contributed by atoms with Crippen LogP contribution >= 0.6 is 0 Å². The van der Waals surface area contributed by atoms with Crippen molar-refractivity contribution in [2.75, 3.05) is 0 Å². The molecule has 0 radical (unpaired) electrons. The van der Waals surface area contributed by atoms with Gasteiger partial charge in [0.05, 0.1) is 0 Å². The molecule has 0 fully saturated rings. The molecular formula is C10H15N. The lowest BCUT2D eigenvalue weighted by Crippen LogP contribution is -2.11. The molecule has 1 aliphatic carbocycles. The summed E-state index contributed by atoms with van der Waals surface area (Å²) in [5, 5.41) is 0. The summed E-state index contributed by atoms with van der Waals surface area (Å²) >= 11 is 0. The molecule has 0 amide bonds. The average molecular weight is 149 g/mol. The summed E-state index contributed by atoms with van der Waals surface area (Å²) in [6, 6.07) is 0.316. The Morgan fingerprint density at radius 3 is 3.09 bits per heavy atom. The van der Waals surface area contributed by atoms with Crippen LogP contribution in [0.5, 0.6) is 0 Å².